The van der Waals surface area contributed by atoms with E-state index < -0.39 is 0 Å². The zero-order valence-electron chi connectivity index (χ0n) is 9.01. The van der Waals surface area contributed by atoms with Crippen LogP contribution in [0.2, 0.25) is 0 Å². The molecule has 2 aromatic rings. The Kier molecular flexibility index (Phi) is 2.45. The Morgan fingerprint density at radius 1 is 1.20 bits per heavy atom. The van der Waals surface area contributed by atoms with Gasteiger partial charge >= 0.3 is 0 Å². The van der Waals surface area contributed by atoms with Crippen molar-refractivity contribution in [2.24, 2.45) is 0 Å². The van der Waals surface area contributed by atoms with E-state index in [1.807, 2.05) is 41.8 Å². The number of nitrogens with zero attached hydrogens (tertiary/aromatic N) is 4. The summed E-state index contributed by atoms with van der Waals surface area (Å²) in [5, 5.41) is 8.39. The van der Waals surface area contributed by atoms with Crippen molar-refractivity contribution in [3.8, 4) is 0 Å². The van der Waals surface area contributed by atoms with Crippen molar-refractivity contribution >= 4 is 5.82 Å². The van der Waals surface area contributed by atoms with Gasteiger partial charge in [-0.25, -0.2) is 0 Å². The van der Waals surface area contributed by atoms with Crippen molar-refractivity contribution in [2.45, 2.75) is 26.9 Å². The van der Waals surface area contributed by atoms with E-state index in [0.717, 1.165) is 18.7 Å². The van der Waals surface area contributed by atoms with Crippen molar-refractivity contribution in [3.63, 3.8) is 0 Å². The van der Waals surface area contributed by atoms with Crippen molar-refractivity contribution < 1.29 is 0 Å². The zero-order valence-corrected chi connectivity index (χ0v) is 9.01. The lowest BCUT2D eigenvalue weighted by Gasteiger charge is -2.01. The molecule has 0 amide bonds. The van der Waals surface area contributed by atoms with E-state index in [4.69, 9.17) is 5.73 Å². The van der Waals surface area contributed by atoms with Gasteiger partial charge in [-0.15, -0.1) is 0 Å². The van der Waals surface area contributed by atoms with Crippen LogP contribution in [-0.2, 0) is 13.1 Å². The maximum Gasteiger partial charge on any atom is 0.148 e. The Labute approximate surface area is 88.5 Å². The Morgan fingerprint density at radius 2 is 1.93 bits per heavy atom. The molecule has 0 saturated heterocycles. The Hall–Kier alpha value is -1.78. The summed E-state index contributed by atoms with van der Waals surface area (Å²) in [6, 6.07) is 0. The highest BCUT2D eigenvalue weighted by Crippen LogP contribution is 2.06. The summed E-state index contributed by atoms with van der Waals surface area (Å²) in [5.41, 5.74) is 7.85. The molecular formula is C10H15N5. The summed E-state index contributed by atoms with van der Waals surface area (Å²) in [5.74, 6) is 0.603. The van der Waals surface area contributed by atoms with Crippen LogP contribution in [0.15, 0.2) is 18.6 Å². The highest BCUT2D eigenvalue weighted by Gasteiger charge is 2.00. The number of anilines is 1. The van der Waals surface area contributed by atoms with Crippen LogP contribution in [0, 0.1) is 13.8 Å². The van der Waals surface area contributed by atoms with Crippen LogP contribution in [-0.4, -0.2) is 19.6 Å². The predicted molar refractivity (Wildman–Crippen MR) is 58.3 cm³/mol. The van der Waals surface area contributed by atoms with Gasteiger partial charge in [0.2, 0.25) is 0 Å². The molecule has 0 spiro atoms. The number of aromatic nitrogens is 4. The normalized spacial score (nSPS) is 10.8. The van der Waals surface area contributed by atoms with Crippen LogP contribution >= 0.6 is 0 Å². The van der Waals surface area contributed by atoms with Crippen molar-refractivity contribution in [2.75, 3.05) is 5.73 Å². The molecule has 0 aliphatic rings. The van der Waals surface area contributed by atoms with Gasteiger partial charge in [0.15, 0.2) is 0 Å². The van der Waals surface area contributed by atoms with Crippen molar-refractivity contribution in [3.05, 3.63) is 29.7 Å². The van der Waals surface area contributed by atoms with Crippen molar-refractivity contribution in [1.82, 2.24) is 19.6 Å². The molecule has 0 atom stereocenters. The molecule has 2 rings (SSSR count). The number of aryl methyl sites for hydroxylation is 4. The predicted octanol–water partition coefficient (Wildman–Crippen LogP) is 0.979. The summed E-state index contributed by atoms with van der Waals surface area (Å²) in [4.78, 5) is 0. The summed E-state index contributed by atoms with van der Waals surface area (Å²) in [6.07, 6.45) is 5.81. The molecule has 0 bridgehead atoms. The van der Waals surface area contributed by atoms with Crippen LogP contribution in [0.3, 0.4) is 0 Å². The minimum atomic E-state index is 0.603. The smallest absolute Gasteiger partial charge is 0.148 e. The third-order valence-electron chi connectivity index (χ3n) is 2.30. The summed E-state index contributed by atoms with van der Waals surface area (Å²) in [7, 11) is 0. The van der Waals surface area contributed by atoms with Crippen LogP contribution in [0.25, 0.3) is 0 Å². The summed E-state index contributed by atoms with van der Waals surface area (Å²) < 4.78 is 3.75. The highest BCUT2D eigenvalue weighted by atomic mass is 15.3. The molecule has 2 heterocycles. The van der Waals surface area contributed by atoms with Crippen molar-refractivity contribution in [1.29, 1.82) is 0 Å². The maximum absolute atomic E-state index is 5.66. The van der Waals surface area contributed by atoms with Gasteiger partial charge in [0.1, 0.15) is 5.82 Å². The third-order valence-corrected chi connectivity index (χ3v) is 2.30. The molecule has 0 aliphatic carbocycles. The van der Waals surface area contributed by atoms with E-state index in [0.29, 0.717) is 5.82 Å². The van der Waals surface area contributed by atoms with E-state index >= 15 is 0 Å². The lowest BCUT2D eigenvalue weighted by atomic mass is 10.4. The van der Waals surface area contributed by atoms with E-state index in [-0.39, 0.29) is 0 Å². The van der Waals surface area contributed by atoms with E-state index in [2.05, 4.69) is 10.2 Å². The number of rotatable bonds is 3. The Balaban J connectivity index is 1.99. The molecule has 2 aromatic heterocycles. The first-order valence-corrected chi connectivity index (χ1v) is 4.94. The van der Waals surface area contributed by atoms with Gasteiger partial charge in [0.25, 0.3) is 0 Å². The standard InChI is InChI=1S/C10H15N5/c1-8-5-12-14(6-8)3-4-15-7-9(2)10(11)13-15/h5-7H,3-4H2,1-2H3,(H2,11,13). The Morgan fingerprint density at radius 3 is 2.47 bits per heavy atom. The van der Waals surface area contributed by atoms with Crippen LogP contribution in [0.1, 0.15) is 11.1 Å². The number of nitrogens with two attached hydrogens (primary N) is 1. The zero-order chi connectivity index (χ0) is 10.8. The number of hydrogen-bond donors (Lipinski definition) is 1. The van der Waals surface area contributed by atoms with Gasteiger partial charge < -0.3 is 5.73 Å². The average Bonchev–Trinajstić information content (AvgIpc) is 2.72. The minimum absolute atomic E-state index is 0.603. The van der Waals surface area contributed by atoms with E-state index in [1.54, 1.807) is 0 Å². The topological polar surface area (TPSA) is 61.7 Å². The fourth-order valence-electron chi connectivity index (χ4n) is 1.44. The van der Waals surface area contributed by atoms with Gasteiger partial charge in [0, 0.05) is 18.0 Å². The molecule has 2 N–H and O–H groups in total. The van der Waals surface area contributed by atoms with E-state index in [1.165, 1.54) is 5.56 Å². The first kappa shape index (κ1) is 9.76. The molecule has 80 valence electrons. The molecule has 0 radical (unpaired) electrons. The largest absolute Gasteiger partial charge is 0.382 e. The van der Waals surface area contributed by atoms with Gasteiger partial charge in [-0.1, -0.05) is 0 Å². The second-order valence-electron chi connectivity index (χ2n) is 3.74. The first-order chi connectivity index (χ1) is 7.15. The fraction of sp³-hybridized carbons (Fsp3) is 0.400. The maximum atomic E-state index is 5.66. The van der Waals surface area contributed by atoms with Crippen LogP contribution < -0.4 is 5.73 Å². The van der Waals surface area contributed by atoms with Crippen LogP contribution in [0.5, 0.6) is 0 Å². The molecule has 0 fully saturated rings. The summed E-state index contributed by atoms with van der Waals surface area (Å²) in [6.45, 7) is 5.59. The molecule has 15 heavy (non-hydrogen) atoms. The molecule has 5 nitrogen and oxygen atoms in total. The molecule has 5 heteroatoms. The lowest BCUT2D eigenvalue weighted by molar-refractivity contribution is 0.501. The Bertz CT molecular complexity index is 435. The molecule has 0 aromatic carbocycles. The SMILES string of the molecule is Cc1cnn(CCn2cc(C)c(N)n2)c1. The quantitative estimate of drug-likeness (QED) is 0.812. The monoisotopic (exact) mass is 205 g/mol. The number of nitrogen functional groups attached to an aromatic ring is 1. The second-order valence-corrected chi connectivity index (χ2v) is 3.74. The third kappa shape index (κ3) is 2.18. The van der Waals surface area contributed by atoms with E-state index in [9.17, 15) is 0 Å². The first-order valence-electron chi connectivity index (χ1n) is 4.94. The lowest BCUT2D eigenvalue weighted by Crippen LogP contribution is -2.08. The van der Waals surface area contributed by atoms with Gasteiger partial charge in [-0.3, -0.25) is 9.36 Å². The highest BCUT2D eigenvalue weighted by molar-refractivity contribution is 5.35. The molecule has 0 saturated carbocycles. The molecule has 0 aliphatic heterocycles. The summed E-state index contributed by atoms with van der Waals surface area (Å²) >= 11 is 0. The second kappa shape index (κ2) is 3.76. The molecular weight excluding hydrogens is 190 g/mol. The van der Waals surface area contributed by atoms with Crippen LogP contribution in [0.4, 0.5) is 5.82 Å². The molecule has 0 unspecified atom stereocenters. The van der Waals surface area contributed by atoms with Gasteiger partial charge in [-0.2, -0.15) is 10.2 Å². The van der Waals surface area contributed by atoms with Gasteiger partial charge in [-0.05, 0) is 19.4 Å². The van der Waals surface area contributed by atoms with Gasteiger partial charge in [0.05, 0.1) is 19.3 Å². The number of hydrogen-bond acceptors (Lipinski definition) is 3. The average molecular weight is 205 g/mol. The fourth-order valence-corrected chi connectivity index (χ4v) is 1.44. The minimum Gasteiger partial charge on any atom is -0.382 e.